The van der Waals surface area contributed by atoms with Crippen LogP contribution in [-0.2, 0) is 0 Å². The molecule has 0 aliphatic heterocycles. The summed E-state index contributed by atoms with van der Waals surface area (Å²) in [6, 6.07) is 6.68. The zero-order valence-electron chi connectivity index (χ0n) is 13.5. The Morgan fingerprint density at radius 3 is 2.27 bits per heavy atom. The van der Waals surface area contributed by atoms with Gasteiger partial charge in [0.15, 0.2) is 5.83 Å². The van der Waals surface area contributed by atoms with E-state index in [0.29, 0.717) is 11.5 Å². The lowest BCUT2D eigenvalue weighted by Gasteiger charge is -2.27. The second-order valence-corrected chi connectivity index (χ2v) is 6.12. The van der Waals surface area contributed by atoms with E-state index in [1.54, 1.807) is 31.2 Å². The summed E-state index contributed by atoms with van der Waals surface area (Å²) in [6.07, 6.45) is 5.95. The zero-order valence-corrected chi connectivity index (χ0v) is 13.5. The Balaban J connectivity index is 2.06. The predicted molar refractivity (Wildman–Crippen MR) is 88.5 cm³/mol. The topological polar surface area (TPSA) is 0 Å². The molecule has 0 amide bonds. The van der Waals surface area contributed by atoms with Crippen LogP contribution in [0.25, 0.3) is 5.83 Å². The molecule has 1 aliphatic carbocycles. The number of allylic oxidation sites excluding steroid dienone is 1. The highest BCUT2D eigenvalue weighted by Gasteiger charge is 2.26. The van der Waals surface area contributed by atoms with Gasteiger partial charge < -0.3 is 0 Å². The van der Waals surface area contributed by atoms with Crippen LogP contribution in [0.15, 0.2) is 30.1 Å². The Morgan fingerprint density at radius 1 is 1.09 bits per heavy atom. The highest BCUT2D eigenvalue weighted by Crippen LogP contribution is 2.38. The molecule has 0 N–H and O–H groups in total. The molecule has 0 unspecified atom stereocenters. The Morgan fingerprint density at radius 2 is 1.73 bits per heavy atom. The second kappa shape index (κ2) is 8.13. The molecule has 118 valence electrons. The third kappa shape index (κ3) is 4.19. The summed E-state index contributed by atoms with van der Waals surface area (Å²) >= 11 is 0. The lowest BCUT2D eigenvalue weighted by molar-refractivity contribution is 0.261. The van der Waals surface area contributed by atoms with Crippen LogP contribution in [0, 0.1) is 23.7 Å². The van der Waals surface area contributed by atoms with E-state index in [2.05, 4.69) is 18.8 Å². The molecule has 0 atom stereocenters. The summed E-state index contributed by atoms with van der Waals surface area (Å²) in [5, 5.41) is 0. The van der Waals surface area contributed by atoms with Crippen molar-refractivity contribution in [2.24, 2.45) is 11.8 Å². The molecule has 0 spiro atoms. The number of halogens is 2. The number of rotatable bonds is 4. The van der Waals surface area contributed by atoms with Gasteiger partial charge in [0.2, 0.25) is 0 Å². The predicted octanol–water partition coefficient (Wildman–Crippen LogP) is 6.27. The Labute approximate surface area is 132 Å². The van der Waals surface area contributed by atoms with Gasteiger partial charge in [-0.05, 0) is 50.7 Å². The van der Waals surface area contributed by atoms with Gasteiger partial charge in [-0.3, -0.25) is 0 Å². The minimum Gasteiger partial charge on any atom is -0.208 e. The molecule has 1 fully saturated rings. The van der Waals surface area contributed by atoms with Crippen molar-refractivity contribution in [3.8, 4) is 11.8 Å². The fourth-order valence-electron chi connectivity index (χ4n) is 3.27. The molecule has 1 aromatic rings. The Bertz CT molecular complexity index is 564. The second-order valence-electron chi connectivity index (χ2n) is 6.12. The third-order valence-corrected chi connectivity index (χ3v) is 4.52. The van der Waals surface area contributed by atoms with E-state index in [1.165, 1.54) is 12.8 Å². The fraction of sp³-hybridized carbons (Fsp3) is 0.500. The molecular formula is C20H24F2. The van der Waals surface area contributed by atoms with Crippen molar-refractivity contribution >= 4 is 5.83 Å². The van der Waals surface area contributed by atoms with E-state index >= 15 is 0 Å². The van der Waals surface area contributed by atoms with Crippen molar-refractivity contribution < 1.29 is 8.78 Å². The van der Waals surface area contributed by atoms with Gasteiger partial charge in [-0.15, -0.1) is 5.92 Å². The smallest absolute Gasteiger partial charge is 0.162 e. The quantitative estimate of drug-likeness (QED) is 0.575. The minimum absolute atomic E-state index is 0.247. The average Bonchev–Trinajstić information content (AvgIpc) is 2.55. The van der Waals surface area contributed by atoms with E-state index < -0.39 is 11.7 Å². The minimum atomic E-state index is -0.699. The lowest BCUT2D eigenvalue weighted by Crippen LogP contribution is -2.15. The first kappa shape index (κ1) is 16.7. The molecule has 1 aromatic carbocycles. The van der Waals surface area contributed by atoms with Gasteiger partial charge in [0.1, 0.15) is 5.83 Å². The van der Waals surface area contributed by atoms with Crippen molar-refractivity contribution in [1.29, 1.82) is 0 Å². The number of hydrogen-bond donors (Lipinski definition) is 0. The summed E-state index contributed by atoms with van der Waals surface area (Å²) in [5.74, 6) is 4.88. The van der Waals surface area contributed by atoms with E-state index in [1.807, 2.05) is 0 Å². The molecular weight excluding hydrogens is 278 g/mol. The van der Waals surface area contributed by atoms with Crippen LogP contribution in [0.2, 0.25) is 0 Å². The van der Waals surface area contributed by atoms with Crippen molar-refractivity contribution in [1.82, 2.24) is 0 Å². The maximum Gasteiger partial charge on any atom is 0.162 e. The van der Waals surface area contributed by atoms with E-state index in [4.69, 9.17) is 0 Å². The highest BCUT2D eigenvalue weighted by molar-refractivity contribution is 5.62. The first-order valence-corrected chi connectivity index (χ1v) is 8.24. The van der Waals surface area contributed by atoms with Gasteiger partial charge in [-0.25, -0.2) is 8.78 Å². The molecule has 1 saturated carbocycles. The summed E-state index contributed by atoms with van der Waals surface area (Å²) < 4.78 is 28.8. The zero-order chi connectivity index (χ0) is 15.9. The average molecular weight is 302 g/mol. The normalized spacial score (nSPS) is 22.5. The Hall–Kier alpha value is -1.62. The van der Waals surface area contributed by atoms with Crippen molar-refractivity contribution in [3.05, 3.63) is 41.2 Å². The molecule has 22 heavy (non-hydrogen) atoms. The van der Waals surface area contributed by atoms with E-state index in [0.717, 1.165) is 31.2 Å². The van der Waals surface area contributed by atoms with Crippen LogP contribution >= 0.6 is 0 Å². The van der Waals surface area contributed by atoms with Gasteiger partial charge in [0.25, 0.3) is 0 Å². The van der Waals surface area contributed by atoms with Crippen LogP contribution in [0.5, 0.6) is 0 Å². The first-order valence-electron chi connectivity index (χ1n) is 8.24. The molecule has 1 aliphatic rings. The van der Waals surface area contributed by atoms with Gasteiger partial charge in [0, 0.05) is 17.0 Å². The maximum absolute atomic E-state index is 14.4. The van der Waals surface area contributed by atoms with Gasteiger partial charge in [-0.2, -0.15) is 0 Å². The standard InChI is InChI=1S/C20H24F2/c1-3-5-15-7-11-17(12-8-15)19(21)20(22)18-13-9-16(6-4-2)10-14-18/h9-10,13-15,17H,3,5,7-8,11-12H2,1-2H3/b20-19+. The molecule has 0 nitrogen and oxygen atoms in total. The monoisotopic (exact) mass is 302 g/mol. The molecule has 0 radical (unpaired) electrons. The molecule has 0 aromatic heterocycles. The van der Waals surface area contributed by atoms with E-state index in [9.17, 15) is 8.78 Å². The molecule has 0 heterocycles. The lowest BCUT2D eigenvalue weighted by atomic mass is 9.79. The molecule has 0 bridgehead atoms. The van der Waals surface area contributed by atoms with Gasteiger partial charge >= 0.3 is 0 Å². The molecule has 0 saturated heterocycles. The van der Waals surface area contributed by atoms with Crippen LogP contribution in [0.3, 0.4) is 0 Å². The van der Waals surface area contributed by atoms with Crippen molar-refractivity contribution in [2.45, 2.75) is 52.4 Å². The summed E-state index contributed by atoms with van der Waals surface area (Å²) in [4.78, 5) is 0. The first-order chi connectivity index (χ1) is 10.7. The SMILES string of the molecule is CC#Cc1ccc(/C(F)=C(\F)C2CCC(CCC)CC2)cc1. The molecule has 2 rings (SSSR count). The van der Waals surface area contributed by atoms with Crippen LogP contribution in [0.4, 0.5) is 8.78 Å². The van der Waals surface area contributed by atoms with E-state index in [-0.39, 0.29) is 5.92 Å². The third-order valence-electron chi connectivity index (χ3n) is 4.52. The Kier molecular flexibility index (Phi) is 6.19. The van der Waals surface area contributed by atoms with Crippen molar-refractivity contribution in [2.75, 3.05) is 0 Å². The fourth-order valence-corrected chi connectivity index (χ4v) is 3.27. The summed E-state index contributed by atoms with van der Waals surface area (Å²) in [5.41, 5.74) is 1.13. The van der Waals surface area contributed by atoms with Gasteiger partial charge in [-0.1, -0.05) is 37.8 Å². The maximum atomic E-state index is 14.4. The van der Waals surface area contributed by atoms with Crippen LogP contribution in [0.1, 0.15) is 63.5 Å². The largest absolute Gasteiger partial charge is 0.208 e. The summed E-state index contributed by atoms with van der Waals surface area (Å²) in [6.45, 7) is 3.93. The van der Waals surface area contributed by atoms with Gasteiger partial charge in [0.05, 0.1) is 0 Å². The van der Waals surface area contributed by atoms with Crippen LogP contribution < -0.4 is 0 Å². The van der Waals surface area contributed by atoms with Crippen LogP contribution in [-0.4, -0.2) is 0 Å². The molecule has 2 heteroatoms. The number of hydrogen-bond acceptors (Lipinski definition) is 0. The number of benzene rings is 1. The summed E-state index contributed by atoms with van der Waals surface area (Å²) in [7, 11) is 0. The highest BCUT2D eigenvalue weighted by atomic mass is 19.2. The van der Waals surface area contributed by atoms with Crippen molar-refractivity contribution in [3.63, 3.8) is 0 Å².